The molecule has 0 unspecified atom stereocenters. The first-order chi connectivity index (χ1) is 9.77. The normalized spacial score (nSPS) is 14.1. The highest BCUT2D eigenvalue weighted by atomic mass is 32.1. The molecule has 2 heterocycles. The topological polar surface area (TPSA) is 51.4 Å². The monoisotopic (exact) mass is 285 g/mol. The highest BCUT2D eigenvalue weighted by Crippen LogP contribution is 2.36. The summed E-state index contributed by atoms with van der Waals surface area (Å²) in [4.78, 5) is 6.79. The number of nitrogens with zero attached hydrogens (tertiary/aromatic N) is 2. The van der Waals surface area contributed by atoms with Crippen molar-refractivity contribution in [2.75, 3.05) is 18.1 Å². The van der Waals surface area contributed by atoms with Crippen LogP contribution in [0, 0.1) is 0 Å². The van der Waals surface area contributed by atoms with E-state index in [9.17, 15) is 0 Å². The molecule has 1 aromatic heterocycles. The van der Waals surface area contributed by atoms with Gasteiger partial charge in [0.25, 0.3) is 0 Å². The fourth-order valence-corrected chi connectivity index (χ4v) is 2.54. The summed E-state index contributed by atoms with van der Waals surface area (Å²) in [5.41, 5.74) is 8.40. The lowest BCUT2D eigenvalue weighted by Crippen LogP contribution is -2.23. The number of rotatable bonds is 2. The van der Waals surface area contributed by atoms with Crippen molar-refractivity contribution in [3.05, 3.63) is 48.3 Å². The molecule has 1 aliphatic heterocycles. The second-order valence-electron chi connectivity index (χ2n) is 4.56. The zero-order valence-corrected chi connectivity index (χ0v) is 11.8. The molecule has 0 aliphatic carbocycles. The van der Waals surface area contributed by atoms with E-state index < -0.39 is 0 Å². The van der Waals surface area contributed by atoms with Crippen LogP contribution in [0.5, 0.6) is 5.75 Å². The van der Waals surface area contributed by atoms with Crippen molar-refractivity contribution in [2.45, 2.75) is 6.42 Å². The van der Waals surface area contributed by atoms with E-state index in [4.69, 9.17) is 22.7 Å². The van der Waals surface area contributed by atoms with Crippen LogP contribution in [-0.2, 0) is 0 Å². The first kappa shape index (κ1) is 12.9. The predicted octanol–water partition coefficient (Wildman–Crippen LogP) is 2.64. The largest absolute Gasteiger partial charge is 0.491 e. The van der Waals surface area contributed by atoms with Gasteiger partial charge in [0.15, 0.2) is 0 Å². The summed E-state index contributed by atoms with van der Waals surface area (Å²) >= 11 is 5.11. The highest BCUT2D eigenvalue weighted by Gasteiger charge is 2.20. The Morgan fingerprint density at radius 2 is 2.00 bits per heavy atom. The number of hydrogen-bond acceptors (Lipinski definition) is 4. The van der Waals surface area contributed by atoms with Crippen LogP contribution in [0.2, 0.25) is 0 Å². The zero-order chi connectivity index (χ0) is 13.9. The Morgan fingerprint density at radius 3 is 2.85 bits per heavy atom. The van der Waals surface area contributed by atoms with Crippen LogP contribution in [0.15, 0.2) is 42.6 Å². The van der Waals surface area contributed by atoms with Crippen LogP contribution in [0.4, 0.5) is 11.4 Å². The molecule has 1 aliphatic rings. The van der Waals surface area contributed by atoms with Crippen molar-refractivity contribution in [1.29, 1.82) is 0 Å². The summed E-state index contributed by atoms with van der Waals surface area (Å²) in [6, 6.07) is 11.9. The molecule has 0 atom stereocenters. The first-order valence-corrected chi connectivity index (χ1v) is 6.92. The van der Waals surface area contributed by atoms with E-state index in [1.807, 2.05) is 36.4 Å². The molecule has 4 nitrogen and oxygen atoms in total. The van der Waals surface area contributed by atoms with Gasteiger partial charge in [0.05, 0.1) is 18.0 Å². The molecular weight excluding hydrogens is 270 g/mol. The van der Waals surface area contributed by atoms with E-state index >= 15 is 0 Å². The lowest BCUT2D eigenvalue weighted by atomic mass is 10.2. The summed E-state index contributed by atoms with van der Waals surface area (Å²) in [6.45, 7) is 1.55. The summed E-state index contributed by atoms with van der Waals surface area (Å²) in [6.07, 6.45) is 2.64. The maximum Gasteiger partial charge on any atom is 0.142 e. The maximum absolute atomic E-state index is 5.79. The Kier molecular flexibility index (Phi) is 3.52. The molecule has 5 heteroatoms. The summed E-state index contributed by atoms with van der Waals surface area (Å²) < 4.78 is 5.77. The molecule has 3 rings (SSSR count). The van der Waals surface area contributed by atoms with Gasteiger partial charge < -0.3 is 15.4 Å². The van der Waals surface area contributed by atoms with Crippen LogP contribution in [0.25, 0.3) is 0 Å². The Hall–Kier alpha value is -2.14. The summed E-state index contributed by atoms with van der Waals surface area (Å²) in [7, 11) is 0. The van der Waals surface area contributed by atoms with Crippen LogP contribution >= 0.6 is 12.2 Å². The van der Waals surface area contributed by atoms with Gasteiger partial charge in [0.1, 0.15) is 16.4 Å². The molecule has 0 saturated heterocycles. The van der Waals surface area contributed by atoms with Gasteiger partial charge in [0, 0.05) is 12.7 Å². The van der Waals surface area contributed by atoms with E-state index in [1.54, 1.807) is 6.20 Å². The smallest absolute Gasteiger partial charge is 0.142 e. The Labute approximate surface area is 123 Å². The Bertz CT molecular complexity index is 645. The third kappa shape index (κ3) is 2.32. The van der Waals surface area contributed by atoms with Crippen molar-refractivity contribution in [3.63, 3.8) is 0 Å². The van der Waals surface area contributed by atoms with E-state index in [0.29, 0.717) is 17.3 Å². The second-order valence-corrected chi connectivity index (χ2v) is 5.00. The van der Waals surface area contributed by atoms with Crippen LogP contribution in [0.3, 0.4) is 0 Å². The van der Waals surface area contributed by atoms with Crippen LogP contribution in [-0.4, -0.2) is 23.1 Å². The van der Waals surface area contributed by atoms with Crippen LogP contribution in [0.1, 0.15) is 12.1 Å². The molecular formula is C15H15N3OS. The molecule has 0 fully saturated rings. The standard InChI is InChI=1S/C15H15N3OS/c16-15(20)14-12(6-3-8-17-14)18-9-4-10-19-13-7-2-1-5-11(13)18/h1-3,5-8H,4,9-10H2,(H2,16,20). The van der Waals surface area contributed by atoms with E-state index in [0.717, 1.165) is 30.1 Å². The number of para-hydroxylation sites is 2. The Balaban J connectivity index is 2.13. The molecule has 0 spiro atoms. The molecule has 102 valence electrons. The van der Waals surface area contributed by atoms with E-state index in [2.05, 4.69) is 9.88 Å². The SMILES string of the molecule is NC(=S)c1ncccc1N1CCCOc2ccccc21. The molecule has 2 aromatic rings. The number of aromatic nitrogens is 1. The van der Waals surface area contributed by atoms with E-state index in [-0.39, 0.29) is 0 Å². The van der Waals surface area contributed by atoms with Gasteiger partial charge in [0.2, 0.25) is 0 Å². The van der Waals surface area contributed by atoms with Crippen molar-refractivity contribution < 1.29 is 4.74 Å². The molecule has 0 amide bonds. The van der Waals surface area contributed by atoms with Gasteiger partial charge in [-0.2, -0.15) is 0 Å². The average Bonchev–Trinajstić information content (AvgIpc) is 2.69. The fraction of sp³-hybridized carbons (Fsp3) is 0.200. The number of ether oxygens (including phenoxy) is 1. The van der Waals surface area contributed by atoms with Crippen molar-refractivity contribution in [3.8, 4) is 5.75 Å². The minimum Gasteiger partial charge on any atom is -0.491 e. The first-order valence-electron chi connectivity index (χ1n) is 6.51. The number of pyridine rings is 1. The number of benzene rings is 1. The van der Waals surface area contributed by atoms with Crippen molar-refractivity contribution in [2.24, 2.45) is 5.73 Å². The van der Waals surface area contributed by atoms with Crippen molar-refractivity contribution >= 4 is 28.6 Å². The van der Waals surface area contributed by atoms with Gasteiger partial charge in [-0.15, -0.1) is 0 Å². The summed E-state index contributed by atoms with van der Waals surface area (Å²) in [5.74, 6) is 0.878. The molecule has 0 bridgehead atoms. The van der Waals surface area contributed by atoms with Gasteiger partial charge in [-0.05, 0) is 30.7 Å². The van der Waals surface area contributed by atoms with Gasteiger partial charge in [-0.1, -0.05) is 24.4 Å². The van der Waals surface area contributed by atoms with Gasteiger partial charge in [-0.25, -0.2) is 0 Å². The highest BCUT2D eigenvalue weighted by molar-refractivity contribution is 7.80. The molecule has 2 N–H and O–H groups in total. The maximum atomic E-state index is 5.79. The third-order valence-electron chi connectivity index (χ3n) is 3.25. The summed E-state index contributed by atoms with van der Waals surface area (Å²) in [5, 5.41) is 0. The quantitative estimate of drug-likeness (QED) is 0.860. The van der Waals surface area contributed by atoms with E-state index in [1.165, 1.54) is 0 Å². The lowest BCUT2D eigenvalue weighted by Gasteiger charge is -2.25. The minimum absolute atomic E-state index is 0.309. The van der Waals surface area contributed by atoms with Crippen LogP contribution < -0.4 is 15.4 Å². The lowest BCUT2D eigenvalue weighted by molar-refractivity contribution is 0.322. The predicted molar refractivity (Wildman–Crippen MR) is 83.7 cm³/mol. The molecule has 0 saturated carbocycles. The second kappa shape index (κ2) is 5.46. The number of fused-ring (bicyclic) bond motifs is 1. The zero-order valence-electron chi connectivity index (χ0n) is 11.0. The third-order valence-corrected chi connectivity index (χ3v) is 3.44. The van der Waals surface area contributed by atoms with Crippen molar-refractivity contribution in [1.82, 2.24) is 4.98 Å². The average molecular weight is 285 g/mol. The number of nitrogens with two attached hydrogens (primary N) is 1. The number of anilines is 2. The molecule has 0 radical (unpaired) electrons. The number of thiocarbonyl (C=S) groups is 1. The molecule has 20 heavy (non-hydrogen) atoms. The molecule has 1 aromatic carbocycles. The minimum atomic E-state index is 0.309. The Morgan fingerprint density at radius 1 is 1.20 bits per heavy atom. The van der Waals surface area contributed by atoms with Gasteiger partial charge in [-0.3, -0.25) is 4.98 Å². The van der Waals surface area contributed by atoms with Gasteiger partial charge >= 0.3 is 0 Å². The fourth-order valence-electron chi connectivity index (χ4n) is 2.38. The number of hydrogen-bond donors (Lipinski definition) is 1.